The third-order valence-corrected chi connectivity index (χ3v) is 4.00. The summed E-state index contributed by atoms with van der Waals surface area (Å²) in [6.45, 7) is 2.05. The third-order valence-electron chi connectivity index (χ3n) is 4.00. The second kappa shape index (κ2) is 6.23. The predicted molar refractivity (Wildman–Crippen MR) is 93.8 cm³/mol. The van der Waals surface area contributed by atoms with Gasteiger partial charge in [0.2, 0.25) is 0 Å². The van der Waals surface area contributed by atoms with Crippen molar-refractivity contribution in [2.75, 3.05) is 12.4 Å². The zero-order valence-electron chi connectivity index (χ0n) is 13.8. The molecule has 0 bridgehead atoms. The van der Waals surface area contributed by atoms with E-state index in [1.54, 1.807) is 13.4 Å². The van der Waals surface area contributed by atoms with Gasteiger partial charge in [0, 0.05) is 17.8 Å². The second-order valence-electron chi connectivity index (χ2n) is 5.61. The summed E-state index contributed by atoms with van der Waals surface area (Å²) in [5.74, 6) is 1.51. The number of anilines is 1. The van der Waals surface area contributed by atoms with E-state index in [-0.39, 0.29) is 6.04 Å². The fourth-order valence-corrected chi connectivity index (χ4v) is 2.62. The number of aromatic nitrogens is 6. The van der Waals surface area contributed by atoms with Crippen LogP contribution in [0.2, 0.25) is 0 Å². The van der Waals surface area contributed by atoms with E-state index in [2.05, 4.69) is 37.3 Å². The molecule has 1 atom stereocenters. The van der Waals surface area contributed by atoms with Gasteiger partial charge < -0.3 is 15.0 Å². The van der Waals surface area contributed by atoms with Crippen LogP contribution in [0.4, 0.5) is 5.82 Å². The number of nitrogens with one attached hydrogen (secondary N) is 2. The Hall–Kier alpha value is -3.42. The zero-order chi connectivity index (χ0) is 17.2. The Labute approximate surface area is 143 Å². The van der Waals surface area contributed by atoms with Gasteiger partial charge in [0.05, 0.1) is 31.4 Å². The van der Waals surface area contributed by atoms with Crippen LogP contribution in [0.3, 0.4) is 0 Å². The summed E-state index contributed by atoms with van der Waals surface area (Å²) in [4.78, 5) is 15.6. The van der Waals surface area contributed by atoms with Crippen molar-refractivity contribution in [2.24, 2.45) is 0 Å². The molecular weight excluding hydrogens is 318 g/mol. The standard InChI is InChI=1S/C17H17N7O/c1-11(23-17-15-16(19-9-18-15)20-10-21-17)12-7-22-24(8-12)13-4-3-5-14(6-13)25-2/h3-11H,1-2H3,(H2,18,19,20,21,23)/t11-/m0/s1. The number of H-pyrrole nitrogens is 1. The van der Waals surface area contributed by atoms with Crippen LogP contribution < -0.4 is 10.1 Å². The van der Waals surface area contributed by atoms with Gasteiger partial charge in [0.15, 0.2) is 11.5 Å². The van der Waals surface area contributed by atoms with Crippen molar-refractivity contribution in [2.45, 2.75) is 13.0 Å². The van der Waals surface area contributed by atoms with Gasteiger partial charge in [0.25, 0.3) is 0 Å². The summed E-state index contributed by atoms with van der Waals surface area (Å²) < 4.78 is 7.09. The van der Waals surface area contributed by atoms with Gasteiger partial charge in [-0.25, -0.2) is 19.6 Å². The maximum atomic E-state index is 5.27. The number of benzene rings is 1. The highest BCUT2D eigenvalue weighted by molar-refractivity contribution is 5.82. The smallest absolute Gasteiger partial charge is 0.182 e. The summed E-state index contributed by atoms with van der Waals surface area (Å²) in [5, 5.41) is 7.82. The number of methoxy groups -OCH3 is 1. The second-order valence-corrected chi connectivity index (χ2v) is 5.61. The van der Waals surface area contributed by atoms with Gasteiger partial charge in [-0.05, 0) is 19.1 Å². The Morgan fingerprint density at radius 1 is 1.24 bits per heavy atom. The van der Waals surface area contributed by atoms with Crippen LogP contribution in [-0.2, 0) is 0 Å². The molecule has 0 saturated carbocycles. The molecule has 8 heteroatoms. The highest BCUT2D eigenvalue weighted by Gasteiger charge is 2.13. The van der Waals surface area contributed by atoms with Crippen molar-refractivity contribution >= 4 is 17.0 Å². The van der Waals surface area contributed by atoms with Crippen molar-refractivity contribution in [1.82, 2.24) is 29.7 Å². The molecule has 0 aliphatic heterocycles. The van der Waals surface area contributed by atoms with Gasteiger partial charge in [-0.15, -0.1) is 0 Å². The molecule has 4 rings (SSSR count). The Kier molecular flexibility index (Phi) is 3.77. The van der Waals surface area contributed by atoms with Crippen LogP contribution in [0.25, 0.3) is 16.9 Å². The molecule has 3 heterocycles. The average molecular weight is 335 g/mol. The van der Waals surface area contributed by atoms with Gasteiger partial charge in [0.1, 0.15) is 17.6 Å². The monoisotopic (exact) mass is 335 g/mol. The van der Waals surface area contributed by atoms with E-state index in [1.165, 1.54) is 6.33 Å². The molecule has 0 spiro atoms. The molecule has 0 aliphatic carbocycles. The van der Waals surface area contributed by atoms with Crippen LogP contribution in [-0.4, -0.2) is 36.8 Å². The van der Waals surface area contributed by atoms with Crippen molar-refractivity contribution < 1.29 is 4.74 Å². The van der Waals surface area contributed by atoms with E-state index in [0.29, 0.717) is 11.5 Å². The highest BCUT2D eigenvalue weighted by atomic mass is 16.5. The molecule has 3 aromatic heterocycles. The Morgan fingerprint density at radius 2 is 2.16 bits per heavy atom. The summed E-state index contributed by atoms with van der Waals surface area (Å²) in [6.07, 6.45) is 6.92. The molecular formula is C17H17N7O. The maximum absolute atomic E-state index is 5.27. The quantitative estimate of drug-likeness (QED) is 0.582. The normalized spacial score (nSPS) is 12.2. The minimum Gasteiger partial charge on any atom is -0.497 e. The van der Waals surface area contributed by atoms with Crippen LogP contribution in [0.15, 0.2) is 49.3 Å². The van der Waals surface area contributed by atoms with Crippen molar-refractivity contribution in [1.29, 1.82) is 0 Å². The van der Waals surface area contributed by atoms with Crippen molar-refractivity contribution in [3.63, 3.8) is 0 Å². The fraction of sp³-hybridized carbons (Fsp3) is 0.176. The van der Waals surface area contributed by atoms with E-state index in [0.717, 1.165) is 22.5 Å². The summed E-state index contributed by atoms with van der Waals surface area (Å²) >= 11 is 0. The van der Waals surface area contributed by atoms with E-state index in [9.17, 15) is 0 Å². The first-order valence-corrected chi connectivity index (χ1v) is 7.84. The number of hydrogen-bond acceptors (Lipinski definition) is 6. The van der Waals surface area contributed by atoms with E-state index in [1.807, 2.05) is 41.3 Å². The summed E-state index contributed by atoms with van der Waals surface area (Å²) in [7, 11) is 1.65. The lowest BCUT2D eigenvalue weighted by Crippen LogP contribution is -2.08. The summed E-state index contributed by atoms with van der Waals surface area (Å²) in [6, 6.07) is 7.78. The Balaban J connectivity index is 1.58. The number of aromatic amines is 1. The topological polar surface area (TPSA) is 93.5 Å². The zero-order valence-corrected chi connectivity index (χ0v) is 13.8. The highest BCUT2D eigenvalue weighted by Crippen LogP contribution is 2.23. The molecule has 1 aromatic carbocycles. The Bertz CT molecular complexity index is 1010. The predicted octanol–water partition coefficient (Wildman–Crippen LogP) is 2.72. The fourth-order valence-electron chi connectivity index (χ4n) is 2.62. The molecule has 0 amide bonds. The lowest BCUT2D eigenvalue weighted by atomic mass is 10.2. The van der Waals surface area contributed by atoms with E-state index in [4.69, 9.17) is 4.74 Å². The molecule has 126 valence electrons. The molecule has 0 unspecified atom stereocenters. The van der Waals surface area contributed by atoms with Gasteiger partial charge in [-0.2, -0.15) is 5.10 Å². The SMILES string of the molecule is COc1cccc(-n2cc([C@H](C)Nc3ncnc4nc[nH]c34)cn2)c1. The molecule has 8 nitrogen and oxygen atoms in total. The van der Waals surface area contributed by atoms with Crippen LogP contribution in [0, 0.1) is 0 Å². The first-order chi connectivity index (χ1) is 12.2. The number of rotatable bonds is 5. The van der Waals surface area contributed by atoms with E-state index < -0.39 is 0 Å². The van der Waals surface area contributed by atoms with Gasteiger partial charge in [-0.3, -0.25) is 0 Å². The summed E-state index contributed by atoms with van der Waals surface area (Å²) in [5.41, 5.74) is 3.40. The molecule has 0 saturated heterocycles. The first-order valence-electron chi connectivity index (χ1n) is 7.84. The van der Waals surface area contributed by atoms with Crippen molar-refractivity contribution in [3.05, 3.63) is 54.9 Å². The third kappa shape index (κ3) is 2.89. The number of imidazole rings is 1. The lowest BCUT2D eigenvalue weighted by molar-refractivity contribution is 0.414. The molecule has 0 fully saturated rings. The van der Waals surface area contributed by atoms with Gasteiger partial charge in [-0.1, -0.05) is 6.07 Å². The minimum atomic E-state index is 0.0146. The minimum absolute atomic E-state index is 0.0146. The van der Waals surface area contributed by atoms with Crippen LogP contribution in [0.1, 0.15) is 18.5 Å². The number of hydrogen-bond donors (Lipinski definition) is 2. The number of fused-ring (bicyclic) bond motifs is 1. The Morgan fingerprint density at radius 3 is 3.04 bits per heavy atom. The molecule has 0 aliphatic rings. The van der Waals surface area contributed by atoms with E-state index >= 15 is 0 Å². The first kappa shape index (κ1) is 15.1. The van der Waals surface area contributed by atoms with Crippen molar-refractivity contribution in [3.8, 4) is 11.4 Å². The van der Waals surface area contributed by atoms with Gasteiger partial charge >= 0.3 is 0 Å². The maximum Gasteiger partial charge on any atom is 0.182 e. The number of nitrogens with zero attached hydrogens (tertiary/aromatic N) is 5. The molecule has 2 N–H and O–H groups in total. The average Bonchev–Trinajstić information content (AvgIpc) is 3.31. The lowest BCUT2D eigenvalue weighted by Gasteiger charge is -2.12. The molecule has 0 radical (unpaired) electrons. The van der Waals surface area contributed by atoms with Crippen LogP contribution >= 0.6 is 0 Å². The molecule has 25 heavy (non-hydrogen) atoms. The van der Waals surface area contributed by atoms with Crippen LogP contribution in [0.5, 0.6) is 5.75 Å². The number of ether oxygens (including phenoxy) is 1. The molecule has 4 aromatic rings. The largest absolute Gasteiger partial charge is 0.497 e.